The van der Waals surface area contributed by atoms with Crippen molar-refractivity contribution in [1.29, 1.82) is 0 Å². The lowest BCUT2D eigenvalue weighted by molar-refractivity contribution is -0.406. The van der Waals surface area contributed by atoms with Gasteiger partial charge in [0.1, 0.15) is 6.10 Å². The highest BCUT2D eigenvalue weighted by molar-refractivity contribution is 5.28. The van der Waals surface area contributed by atoms with Crippen LogP contribution in [-0.4, -0.2) is 29.1 Å². The van der Waals surface area contributed by atoms with E-state index < -0.39 is 47.4 Å². The molecule has 0 spiro atoms. The Kier molecular flexibility index (Phi) is 5.09. The highest BCUT2D eigenvalue weighted by Gasteiger charge is 2.83. The van der Waals surface area contributed by atoms with Gasteiger partial charge in [0.25, 0.3) is 0 Å². The molecule has 0 aliphatic heterocycles. The number of hydrogen-bond acceptors (Lipinski definition) is 1. The summed E-state index contributed by atoms with van der Waals surface area (Å²) in [5, 5.41) is 9.09. The van der Waals surface area contributed by atoms with Crippen LogP contribution >= 0.6 is 0 Å². The van der Waals surface area contributed by atoms with Gasteiger partial charge in [-0.15, -0.1) is 0 Å². The molecule has 0 aliphatic carbocycles. The smallest absolute Gasteiger partial charge is 0.382 e. The first-order valence-corrected chi connectivity index (χ1v) is 5.92. The van der Waals surface area contributed by atoms with Crippen molar-refractivity contribution in [3.05, 3.63) is 35.4 Å². The summed E-state index contributed by atoms with van der Waals surface area (Å²) in [6, 6.07) is 0.190. The molecule has 0 saturated carbocycles. The Balaban J connectivity index is 3.28. The molecule has 1 N–H and O–H groups in total. The van der Waals surface area contributed by atoms with E-state index in [1.54, 1.807) is 0 Å². The maximum atomic E-state index is 13.4. The third-order valence-electron chi connectivity index (χ3n) is 3.07. The summed E-state index contributed by atoms with van der Waals surface area (Å²) in [6.45, 7) is 0. The molecular weight excluding hydrogens is 388 g/mol. The summed E-state index contributed by atoms with van der Waals surface area (Å²) in [4.78, 5) is 0. The number of aliphatic hydroxyl groups is 1. The molecule has 0 fully saturated rings. The van der Waals surface area contributed by atoms with Crippen LogP contribution in [0.1, 0.15) is 17.2 Å². The standard InChI is InChI=1S/C12H6F12O/c13-8(14,10(18,19)11(20,21)12(22,23)24)7(25)5-1-3-6(4-2-5)9(15,16)17/h1-4,7,25H. The normalized spacial score (nSPS) is 16.0. The van der Waals surface area contributed by atoms with E-state index in [9.17, 15) is 52.7 Å². The second-order valence-electron chi connectivity index (χ2n) is 4.79. The molecule has 0 saturated heterocycles. The predicted molar refractivity (Wildman–Crippen MR) is 57.3 cm³/mol. The first-order chi connectivity index (χ1) is 10.9. The summed E-state index contributed by atoms with van der Waals surface area (Å²) < 4.78 is 151. The van der Waals surface area contributed by atoms with Crippen molar-refractivity contribution in [3.8, 4) is 0 Å². The molecule has 1 aromatic rings. The SMILES string of the molecule is OC(c1ccc(C(F)(F)F)cc1)C(F)(F)C(F)(F)C(F)(F)C(F)(F)F. The van der Waals surface area contributed by atoms with E-state index in [0.29, 0.717) is 0 Å². The third kappa shape index (κ3) is 3.51. The van der Waals surface area contributed by atoms with Gasteiger partial charge in [-0.25, -0.2) is 0 Å². The van der Waals surface area contributed by atoms with Crippen molar-refractivity contribution >= 4 is 0 Å². The molecule has 144 valence electrons. The van der Waals surface area contributed by atoms with E-state index in [0.717, 1.165) is 0 Å². The van der Waals surface area contributed by atoms with Gasteiger partial charge in [-0.1, -0.05) is 12.1 Å². The Morgan fingerprint density at radius 1 is 0.640 bits per heavy atom. The zero-order valence-electron chi connectivity index (χ0n) is 11.4. The number of hydrogen-bond donors (Lipinski definition) is 1. The van der Waals surface area contributed by atoms with Gasteiger partial charge in [0.15, 0.2) is 0 Å². The molecule has 1 atom stereocenters. The number of alkyl halides is 12. The van der Waals surface area contributed by atoms with Gasteiger partial charge in [0.05, 0.1) is 5.56 Å². The molecule has 0 radical (unpaired) electrons. The van der Waals surface area contributed by atoms with Crippen LogP contribution in [0.15, 0.2) is 24.3 Å². The molecule has 13 heteroatoms. The van der Waals surface area contributed by atoms with Crippen molar-refractivity contribution in [1.82, 2.24) is 0 Å². The molecule has 1 aromatic carbocycles. The molecule has 0 aromatic heterocycles. The van der Waals surface area contributed by atoms with Gasteiger partial charge in [0.2, 0.25) is 0 Å². The summed E-state index contributed by atoms with van der Waals surface area (Å²) >= 11 is 0. The molecule has 0 aliphatic rings. The highest BCUT2D eigenvalue weighted by atomic mass is 19.4. The Morgan fingerprint density at radius 2 is 1.04 bits per heavy atom. The van der Waals surface area contributed by atoms with Crippen LogP contribution in [0, 0.1) is 0 Å². The van der Waals surface area contributed by atoms with Crippen molar-refractivity contribution in [3.63, 3.8) is 0 Å². The predicted octanol–water partition coefficient (Wildman–Crippen LogP) is 5.21. The van der Waals surface area contributed by atoms with Crippen LogP contribution in [0.25, 0.3) is 0 Å². The first kappa shape index (κ1) is 21.4. The number of rotatable bonds is 4. The number of benzene rings is 1. The summed E-state index contributed by atoms with van der Waals surface area (Å²) in [5.74, 6) is -20.7. The van der Waals surface area contributed by atoms with E-state index in [1.807, 2.05) is 0 Å². The Labute approximate surface area is 130 Å². The molecular formula is C12H6F12O. The molecule has 0 amide bonds. The van der Waals surface area contributed by atoms with E-state index in [4.69, 9.17) is 5.11 Å². The van der Waals surface area contributed by atoms with Crippen molar-refractivity contribution in [2.24, 2.45) is 0 Å². The lowest BCUT2D eigenvalue weighted by Crippen LogP contribution is -2.62. The average molecular weight is 394 g/mol. The van der Waals surface area contributed by atoms with Gasteiger partial charge in [0, 0.05) is 0 Å². The maximum Gasteiger partial charge on any atom is 0.460 e. The topological polar surface area (TPSA) is 20.2 Å². The minimum Gasteiger partial charge on any atom is -0.382 e. The zero-order chi connectivity index (χ0) is 20.1. The summed E-state index contributed by atoms with van der Waals surface area (Å²) in [5.41, 5.74) is -2.88. The molecule has 1 rings (SSSR count). The van der Waals surface area contributed by atoms with E-state index in [1.165, 1.54) is 0 Å². The van der Waals surface area contributed by atoms with Crippen LogP contribution in [-0.2, 0) is 6.18 Å². The van der Waals surface area contributed by atoms with Gasteiger partial charge in [-0.3, -0.25) is 0 Å². The molecule has 0 heterocycles. The second-order valence-corrected chi connectivity index (χ2v) is 4.79. The van der Waals surface area contributed by atoms with E-state index in [2.05, 4.69) is 0 Å². The average Bonchev–Trinajstić information content (AvgIpc) is 2.44. The Morgan fingerprint density at radius 3 is 1.36 bits per heavy atom. The summed E-state index contributed by atoms with van der Waals surface area (Å²) in [7, 11) is 0. The molecule has 25 heavy (non-hydrogen) atoms. The Hall–Kier alpha value is -1.66. The highest BCUT2D eigenvalue weighted by Crippen LogP contribution is 2.56. The fraction of sp³-hybridized carbons (Fsp3) is 0.500. The monoisotopic (exact) mass is 394 g/mol. The Bertz CT molecular complexity index is 598. The second kappa shape index (κ2) is 5.95. The fourth-order valence-corrected chi connectivity index (χ4v) is 1.62. The van der Waals surface area contributed by atoms with Gasteiger partial charge < -0.3 is 5.11 Å². The largest absolute Gasteiger partial charge is 0.460 e. The van der Waals surface area contributed by atoms with Crippen molar-refractivity contribution in [2.45, 2.75) is 36.2 Å². The summed E-state index contributed by atoms with van der Waals surface area (Å²) in [6.07, 6.45) is -16.0. The van der Waals surface area contributed by atoms with Crippen LogP contribution in [0.2, 0.25) is 0 Å². The first-order valence-electron chi connectivity index (χ1n) is 5.92. The number of halogens is 12. The lowest BCUT2D eigenvalue weighted by Gasteiger charge is -2.36. The lowest BCUT2D eigenvalue weighted by atomic mass is 9.94. The van der Waals surface area contributed by atoms with Gasteiger partial charge >= 0.3 is 30.1 Å². The van der Waals surface area contributed by atoms with Crippen LogP contribution in [0.4, 0.5) is 52.7 Å². The fourth-order valence-electron chi connectivity index (χ4n) is 1.62. The van der Waals surface area contributed by atoms with Gasteiger partial charge in [-0.05, 0) is 17.7 Å². The molecule has 0 bridgehead atoms. The number of aliphatic hydroxyl groups excluding tert-OH is 1. The third-order valence-corrected chi connectivity index (χ3v) is 3.07. The van der Waals surface area contributed by atoms with Crippen molar-refractivity contribution in [2.75, 3.05) is 0 Å². The van der Waals surface area contributed by atoms with Crippen LogP contribution in [0.5, 0.6) is 0 Å². The van der Waals surface area contributed by atoms with E-state index >= 15 is 0 Å². The van der Waals surface area contributed by atoms with Crippen LogP contribution < -0.4 is 0 Å². The maximum absolute atomic E-state index is 13.4. The molecule has 1 unspecified atom stereocenters. The van der Waals surface area contributed by atoms with Crippen molar-refractivity contribution < 1.29 is 57.8 Å². The zero-order valence-corrected chi connectivity index (χ0v) is 11.4. The van der Waals surface area contributed by atoms with E-state index in [-0.39, 0.29) is 24.3 Å². The van der Waals surface area contributed by atoms with Crippen LogP contribution in [0.3, 0.4) is 0 Å². The minimum absolute atomic E-state index is 0.0449. The molecule has 1 nitrogen and oxygen atoms in total. The van der Waals surface area contributed by atoms with Gasteiger partial charge in [-0.2, -0.15) is 52.7 Å². The quantitative estimate of drug-likeness (QED) is 0.696. The minimum atomic E-state index is -7.21.